The molecule has 0 spiro atoms. The zero-order valence-electron chi connectivity index (χ0n) is 15.5. The third-order valence-electron chi connectivity index (χ3n) is 5.20. The molecule has 148 valence electrons. The molecule has 8 heteroatoms. The number of amides is 1. The predicted octanol–water partition coefficient (Wildman–Crippen LogP) is 2.49. The normalized spacial score (nSPS) is 17.8. The van der Waals surface area contributed by atoms with Gasteiger partial charge >= 0.3 is 0 Å². The number of halogens is 1. The Morgan fingerprint density at radius 2 is 1.92 bits per heavy atom. The van der Waals surface area contributed by atoms with Crippen molar-refractivity contribution in [2.45, 2.75) is 56.4 Å². The minimum Gasteiger partial charge on any atom is -0.350 e. The van der Waals surface area contributed by atoms with Crippen molar-refractivity contribution < 1.29 is 13.2 Å². The maximum absolute atomic E-state index is 12.5. The number of rotatable bonds is 7. The van der Waals surface area contributed by atoms with Gasteiger partial charge in [0, 0.05) is 6.42 Å². The van der Waals surface area contributed by atoms with Gasteiger partial charge < -0.3 is 11.1 Å². The first-order valence-corrected chi connectivity index (χ1v) is 10.3. The Morgan fingerprint density at radius 3 is 2.50 bits per heavy atom. The van der Waals surface area contributed by atoms with Gasteiger partial charge in [-0.25, -0.2) is 13.1 Å². The van der Waals surface area contributed by atoms with E-state index in [-0.39, 0.29) is 34.7 Å². The minimum absolute atomic E-state index is 0. The lowest BCUT2D eigenvalue weighted by atomic mass is 9.71. The van der Waals surface area contributed by atoms with Gasteiger partial charge in [0.1, 0.15) is 0 Å². The number of benzene rings is 1. The Kier molecular flexibility index (Phi) is 8.53. The highest BCUT2D eigenvalue weighted by Gasteiger charge is 2.33. The molecule has 1 unspecified atom stereocenters. The van der Waals surface area contributed by atoms with E-state index in [1.807, 2.05) is 13.0 Å². The van der Waals surface area contributed by atoms with Crippen LogP contribution in [0.5, 0.6) is 0 Å². The van der Waals surface area contributed by atoms with Crippen molar-refractivity contribution in [1.82, 2.24) is 10.0 Å². The third kappa shape index (κ3) is 5.67. The van der Waals surface area contributed by atoms with Gasteiger partial charge in [0.25, 0.3) is 0 Å². The summed E-state index contributed by atoms with van der Waals surface area (Å²) < 4.78 is 26.2. The fourth-order valence-corrected chi connectivity index (χ4v) is 4.32. The van der Waals surface area contributed by atoms with Crippen LogP contribution in [-0.4, -0.2) is 27.9 Å². The first-order chi connectivity index (χ1) is 11.8. The van der Waals surface area contributed by atoms with Crippen LogP contribution in [0.1, 0.15) is 57.1 Å². The summed E-state index contributed by atoms with van der Waals surface area (Å²) in [7, 11) is -2.12. The largest absolute Gasteiger partial charge is 0.350 e. The average Bonchev–Trinajstić information content (AvgIpc) is 2.62. The molecule has 1 saturated carbocycles. The SMILES string of the molecule is CNS(=O)(=O)c1cccc(C(C)NC(=O)CC2(CN)CCCCC2)c1.Cl. The Balaban J connectivity index is 0.00000338. The van der Waals surface area contributed by atoms with Crippen LogP contribution in [0.2, 0.25) is 0 Å². The van der Waals surface area contributed by atoms with E-state index in [0.29, 0.717) is 13.0 Å². The second-order valence-electron chi connectivity index (χ2n) is 7.01. The lowest BCUT2D eigenvalue weighted by Crippen LogP contribution is -2.39. The molecule has 1 fully saturated rings. The number of carbonyl (C=O) groups excluding carboxylic acids is 1. The topological polar surface area (TPSA) is 101 Å². The van der Waals surface area contributed by atoms with Crippen LogP contribution >= 0.6 is 12.4 Å². The van der Waals surface area contributed by atoms with Crippen LogP contribution in [0.3, 0.4) is 0 Å². The molecule has 0 radical (unpaired) electrons. The molecule has 0 heterocycles. The van der Waals surface area contributed by atoms with Gasteiger partial charge in [-0.3, -0.25) is 4.79 Å². The first kappa shape index (κ1) is 22.9. The fourth-order valence-electron chi connectivity index (χ4n) is 3.54. The molecule has 4 N–H and O–H groups in total. The lowest BCUT2D eigenvalue weighted by molar-refractivity contribution is -0.124. The third-order valence-corrected chi connectivity index (χ3v) is 6.61. The van der Waals surface area contributed by atoms with Gasteiger partial charge in [-0.15, -0.1) is 12.4 Å². The smallest absolute Gasteiger partial charge is 0.240 e. The molecule has 0 bridgehead atoms. The van der Waals surface area contributed by atoms with E-state index in [0.717, 1.165) is 31.2 Å². The van der Waals surface area contributed by atoms with Crippen molar-refractivity contribution in [2.24, 2.45) is 11.1 Å². The molecule has 2 rings (SSSR count). The van der Waals surface area contributed by atoms with Crippen LogP contribution in [-0.2, 0) is 14.8 Å². The molecular weight excluding hydrogens is 374 g/mol. The molecule has 1 aliphatic rings. The number of hydrogen-bond acceptors (Lipinski definition) is 4. The monoisotopic (exact) mass is 403 g/mol. The highest BCUT2D eigenvalue weighted by atomic mass is 35.5. The van der Waals surface area contributed by atoms with Crippen LogP contribution in [0.15, 0.2) is 29.2 Å². The van der Waals surface area contributed by atoms with Gasteiger partial charge in [0.2, 0.25) is 15.9 Å². The summed E-state index contributed by atoms with van der Waals surface area (Å²) in [6.07, 6.45) is 5.91. The maximum atomic E-state index is 12.5. The summed E-state index contributed by atoms with van der Waals surface area (Å²) in [4.78, 5) is 12.7. The Bertz CT molecular complexity index is 703. The number of nitrogens with one attached hydrogen (secondary N) is 2. The summed E-state index contributed by atoms with van der Waals surface area (Å²) in [6, 6.07) is 6.37. The van der Waals surface area contributed by atoms with E-state index in [1.54, 1.807) is 12.1 Å². The van der Waals surface area contributed by atoms with Crippen molar-refractivity contribution in [3.05, 3.63) is 29.8 Å². The Hall–Kier alpha value is -1.15. The van der Waals surface area contributed by atoms with E-state index in [4.69, 9.17) is 5.73 Å². The number of hydrogen-bond donors (Lipinski definition) is 3. The highest BCUT2D eigenvalue weighted by molar-refractivity contribution is 7.89. The van der Waals surface area contributed by atoms with Crippen molar-refractivity contribution in [3.8, 4) is 0 Å². The average molecular weight is 404 g/mol. The Morgan fingerprint density at radius 1 is 1.27 bits per heavy atom. The van der Waals surface area contributed by atoms with Crippen molar-refractivity contribution >= 4 is 28.3 Å². The van der Waals surface area contributed by atoms with E-state index < -0.39 is 10.0 Å². The van der Waals surface area contributed by atoms with E-state index in [1.165, 1.54) is 19.5 Å². The molecular formula is C18H30ClN3O3S. The maximum Gasteiger partial charge on any atom is 0.240 e. The summed E-state index contributed by atoms with van der Waals surface area (Å²) in [6.45, 7) is 2.39. The lowest BCUT2D eigenvalue weighted by Gasteiger charge is -2.36. The fraction of sp³-hybridized carbons (Fsp3) is 0.611. The molecule has 1 aliphatic carbocycles. The molecule has 6 nitrogen and oxygen atoms in total. The second kappa shape index (κ2) is 9.69. The van der Waals surface area contributed by atoms with Gasteiger partial charge in [0.05, 0.1) is 10.9 Å². The molecule has 26 heavy (non-hydrogen) atoms. The van der Waals surface area contributed by atoms with E-state index >= 15 is 0 Å². The van der Waals surface area contributed by atoms with Crippen molar-refractivity contribution in [1.29, 1.82) is 0 Å². The van der Waals surface area contributed by atoms with Gasteiger partial charge in [-0.2, -0.15) is 0 Å². The Labute approximate surface area is 162 Å². The predicted molar refractivity (Wildman–Crippen MR) is 106 cm³/mol. The molecule has 0 saturated heterocycles. The highest BCUT2D eigenvalue weighted by Crippen LogP contribution is 2.38. The van der Waals surface area contributed by atoms with Gasteiger partial charge in [-0.1, -0.05) is 31.4 Å². The number of nitrogens with two attached hydrogens (primary N) is 1. The zero-order valence-corrected chi connectivity index (χ0v) is 17.1. The molecule has 1 aromatic carbocycles. The summed E-state index contributed by atoms with van der Waals surface area (Å²) >= 11 is 0. The summed E-state index contributed by atoms with van der Waals surface area (Å²) in [5.41, 5.74) is 6.63. The van der Waals surface area contributed by atoms with Crippen LogP contribution < -0.4 is 15.8 Å². The summed E-state index contributed by atoms with van der Waals surface area (Å²) in [5.74, 6) is -0.0262. The van der Waals surface area contributed by atoms with Gasteiger partial charge in [-0.05, 0) is 56.5 Å². The van der Waals surface area contributed by atoms with Crippen LogP contribution in [0.25, 0.3) is 0 Å². The standard InChI is InChI=1S/C18H29N3O3S.ClH/c1-14(15-7-6-8-16(11-15)25(23,24)20-2)21-17(22)12-18(13-19)9-4-3-5-10-18;/h6-8,11,14,20H,3-5,9-10,12-13,19H2,1-2H3,(H,21,22);1H. The summed E-state index contributed by atoms with van der Waals surface area (Å²) in [5, 5.41) is 2.99. The van der Waals surface area contributed by atoms with Gasteiger partial charge in [0.15, 0.2) is 0 Å². The quantitative estimate of drug-likeness (QED) is 0.650. The van der Waals surface area contributed by atoms with E-state index in [9.17, 15) is 13.2 Å². The molecule has 1 amide bonds. The number of sulfonamides is 1. The molecule has 0 aromatic heterocycles. The molecule has 1 aromatic rings. The van der Waals surface area contributed by atoms with E-state index in [2.05, 4.69) is 10.0 Å². The second-order valence-corrected chi connectivity index (χ2v) is 8.90. The zero-order chi connectivity index (χ0) is 18.5. The van der Waals surface area contributed by atoms with Crippen LogP contribution in [0.4, 0.5) is 0 Å². The molecule has 0 aliphatic heterocycles. The number of carbonyl (C=O) groups is 1. The van der Waals surface area contributed by atoms with Crippen molar-refractivity contribution in [2.75, 3.05) is 13.6 Å². The first-order valence-electron chi connectivity index (χ1n) is 8.85. The van der Waals surface area contributed by atoms with Crippen molar-refractivity contribution in [3.63, 3.8) is 0 Å². The van der Waals surface area contributed by atoms with Crippen LogP contribution in [0, 0.1) is 5.41 Å². The molecule has 1 atom stereocenters. The minimum atomic E-state index is -3.50.